The Morgan fingerprint density at radius 1 is 0.925 bits per heavy atom. The zero-order valence-electron chi connectivity index (χ0n) is 29.2. The van der Waals surface area contributed by atoms with E-state index in [1.807, 2.05) is 84.9 Å². The number of amides is 2. The summed E-state index contributed by atoms with van der Waals surface area (Å²) in [5.41, 5.74) is -0.624. The number of carbonyl (C=O) groups is 2. The molecule has 1 aliphatic heterocycles. The topological polar surface area (TPSA) is 79.9 Å². The first-order valence-electron chi connectivity index (χ1n) is 16.5. The van der Waals surface area contributed by atoms with E-state index in [4.69, 9.17) is 44.5 Å². The molecule has 12 heteroatoms. The number of ether oxygens (including phenoxy) is 2. The summed E-state index contributed by atoms with van der Waals surface area (Å²) in [5.74, 6) is 5.73. The molecule has 0 radical (unpaired) electrons. The summed E-state index contributed by atoms with van der Waals surface area (Å²) in [6, 6.07) is 34.0. The third-order valence-electron chi connectivity index (χ3n) is 8.36. The highest BCUT2D eigenvalue weighted by Gasteiger charge is 2.53. The van der Waals surface area contributed by atoms with Crippen LogP contribution in [0.25, 0.3) is 0 Å². The van der Waals surface area contributed by atoms with Gasteiger partial charge in [0.05, 0.1) is 41.8 Å². The minimum Gasteiger partial charge on any atom is -0.497 e. The second kappa shape index (κ2) is 15.4. The molecule has 5 aromatic carbocycles. The Labute approximate surface area is 323 Å². The Morgan fingerprint density at radius 2 is 1.55 bits per heavy atom. The quantitative estimate of drug-likeness (QED) is 0.121. The van der Waals surface area contributed by atoms with Crippen LogP contribution >= 0.6 is 29.4 Å². The lowest BCUT2D eigenvalue weighted by Gasteiger charge is -2.34. The number of halogens is 3. The molecule has 0 saturated carbocycles. The lowest BCUT2D eigenvalue weighted by molar-refractivity contribution is -0.121. The van der Waals surface area contributed by atoms with Crippen LogP contribution in [-0.4, -0.2) is 24.7 Å². The van der Waals surface area contributed by atoms with Crippen molar-refractivity contribution >= 4 is 75.2 Å². The third-order valence-corrected chi connectivity index (χ3v) is 13.1. The highest BCUT2D eigenvalue weighted by Crippen LogP contribution is 2.50. The Kier molecular flexibility index (Phi) is 11.0. The molecule has 1 atom stereocenters. The van der Waals surface area contributed by atoms with Gasteiger partial charge in [-0.3, -0.25) is 15.2 Å². The van der Waals surface area contributed by atoms with Gasteiger partial charge in [0.1, 0.15) is 17.2 Å². The van der Waals surface area contributed by atoms with Crippen LogP contribution in [0.4, 0.5) is 20.6 Å². The number of hydrogen-bond donors (Lipinski definition) is 2. The van der Waals surface area contributed by atoms with Gasteiger partial charge in [-0.05, 0) is 68.8 Å². The number of anilines is 2. The predicted molar refractivity (Wildman–Crippen MR) is 215 cm³/mol. The van der Waals surface area contributed by atoms with Crippen molar-refractivity contribution in [3.8, 4) is 17.6 Å². The molecule has 7 nitrogen and oxygen atoms in total. The Bertz CT molecular complexity index is 2250. The molecule has 0 saturated heterocycles. The molecular weight excluding hydrogens is 751 g/mol. The van der Waals surface area contributed by atoms with Gasteiger partial charge in [0.15, 0.2) is 5.54 Å². The van der Waals surface area contributed by atoms with Crippen molar-refractivity contribution in [1.82, 2.24) is 5.09 Å². The Hall–Kier alpha value is -4.68. The molecule has 2 N–H and O–H groups in total. The molecule has 2 amide bonds. The van der Waals surface area contributed by atoms with Gasteiger partial charge >= 0.3 is 6.09 Å². The molecule has 6 rings (SSSR count). The van der Waals surface area contributed by atoms with Crippen LogP contribution in [0.1, 0.15) is 37.5 Å². The van der Waals surface area contributed by atoms with Crippen molar-refractivity contribution in [1.29, 1.82) is 0 Å². The predicted octanol–water partition coefficient (Wildman–Crippen LogP) is 8.92. The summed E-state index contributed by atoms with van der Waals surface area (Å²) in [6.45, 7) is 5.34. The standard InChI is InChI=1S/C41H35Cl2FN3O4PS/c1-40(2,3)51-39(49)45-36-25-34(43)35(44)23-28(36)21-22-41(46-52(53,31-11-7-5-8-12-31)32-13-9-6-10-14-32)33-24-29(42)17-20-37(33)47(38(41)48)26-27-15-18-30(50-4)19-16-27/h5-20,23-25H,26H2,1-4H3,(H,45,49)(H,46,53)/t41-/m0/s1. The largest absolute Gasteiger partial charge is 0.497 e. The zero-order chi connectivity index (χ0) is 38.0. The molecule has 1 aliphatic rings. The van der Waals surface area contributed by atoms with Crippen molar-refractivity contribution in [3.63, 3.8) is 0 Å². The van der Waals surface area contributed by atoms with Gasteiger partial charge in [-0.15, -0.1) is 0 Å². The van der Waals surface area contributed by atoms with Crippen LogP contribution in [0.2, 0.25) is 10.0 Å². The van der Waals surface area contributed by atoms with Crippen LogP contribution in [0.15, 0.2) is 115 Å². The lowest BCUT2D eigenvalue weighted by atomic mass is 9.92. The number of carbonyl (C=O) groups excluding carboxylic acids is 2. The maximum atomic E-state index is 15.3. The molecule has 5 aromatic rings. The average molecular weight is 787 g/mol. The fourth-order valence-corrected chi connectivity index (χ4v) is 9.88. The Balaban J connectivity index is 1.58. The van der Waals surface area contributed by atoms with Crippen LogP contribution in [-0.2, 0) is 33.4 Å². The second-order valence-electron chi connectivity index (χ2n) is 13.2. The smallest absolute Gasteiger partial charge is 0.412 e. The number of nitrogens with zero attached hydrogens (tertiary/aromatic N) is 1. The monoisotopic (exact) mass is 785 g/mol. The molecule has 0 unspecified atom stereocenters. The fraction of sp³-hybridized carbons (Fsp3) is 0.171. The second-order valence-corrected chi connectivity index (χ2v) is 18.2. The van der Waals surface area contributed by atoms with Crippen LogP contribution in [0, 0.1) is 17.7 Å². The summed E-state index contributed by atoms with van der Waals surface area (Å²) in [7, 11) is 1.59. The minimum atomic E-state index is -3.07. The van der Waals surface area contributed by atoms with Gasteiger partial charge in [-0.2, -0.15) is 0 Å². The summed E-state index contributed by atoms with van der Waals surface area (Å²) < 4.78 is 25.9. The van der Waals surface area contributed by atoms with Crippen LogP contribution in [0.3, 0.4) is 0 Å². The average Bonchev–Trinajstić information content (AvgIpc) is 3.34. The number of fused-ring (bicyclic) bond motifs is 1. The van der Waals surface area contributed by atoms with Gasteiger partial charge < -0.3 is 14.4 Å². The van der Waals surface area contributed by atoms with E-state index in [0.29, 0.717) is 22.0 Å². The molecule has 0 bridgehead atoms. The molecule has 0 spiro atoms. The van der Waals surface area contributed by atoms with Crippen molar-refractivity contribution in [2.45, 2.75) is 38.5 Å². The summed E-state index contributed by atoms with van der Waals surface area (Å²) >= 11 is 19.5. The van der Waals surface area contributed by atoms with E-state index in [9.17, 15) is 4.79 Å². The minimum absolute atomic E-state index is 0.0524. The first kappa shape index (κ1) is 38.1. The van der Waals surface area contributed by atoms with Crippen LogP contribution < -0.4 is 30.6 Å². The lowest BCUT2D eigenvalue weighted by Crippen LogP contribution is -2.50. The molecule has 0 aromatic heterocycles. The number of nitrogens with one attached hydrogen (secondary N) is 2. The van der Waals surface area contributed by atoms with Gasteiger partial charge in [0.2, 0.25) is 0 Å². The first-order chi connectivity index (χ1) is 25.2. The first-order valence-corrected chi connectivity index (χ1v) is 20.1. The van der Waals surface area contributed by atoms with Gasteiger partial charge in [0.25, 0.3) is 5.91 Å². The summed E-state index contributed by atoms with van der Waals surface area (Å²) in [6.07, 6.45) is -3.87. The van der Waals surface area contributed by atoms with Crippen LogP contribution in [0.5, 0.6) is 5.75 Å². The Morgan fingerprint density at radius 3 is 2.13 bits per heavy atom. The van der Waals surface area contributed by atoms with E-state index in [0.717, 1.165) is 22.2 Å². The van der Waals surface area contributed by atoms with E-state index >= 15 is 9.18 Å². The zero-order valence-corrected chi connectivity index (χ0v) is 32.5. The fourth-order valence-electron chi connectivity index (χ4n) is 5.92. The number of methoxy groups -OCH3 is 1. The molecule has 53 heavy (non-hydrogen) atoms. The summed E-state index contributed by atoms with van der Waals surface area (Å²) in [4.78, 5) is 29.8. The van der Waals surface area contributed by atoms with Crippen molar-refractivity contribution in [2.24, 2.45) is 0 Å². The van der Waals surface area contributed by atoms with E-state index in [2.05, 4.69) is 22.2 Å². The maximum Gasteiger partial charge on any atom is 0.412 e. The number of hydrogen-bond acceptors (Lipinski definition) is 5. The van der Waals surface area contributed by atoms with E-state index < -0.39 is 35.1 Å². The SMILES string of the molecule is COc1ccc(CN2C(=O)[C@@](C#Cc3cc(F)c(Cl)cc3NC(=O)OC(C)(C)C)(NP(=S)(c3ccccc3)c3ccccc3)c3cc(Cl)ccc32)cc1. The van der Waals surface area contributed by atoms with E-state index in [1.54, 1.807) is 51.0 Å². The summed E-state index contributed by atoms with van der Waals surface area (Å²) in [5, 5.41) is 7.99. The highest BCUT2D eigenvalue weighted by molar-refractivity contribution is 8.21. The normalized spacial score (nSPS) is 15.3. The van der Waals surface area contributed by atoms with Crippen molar-refractivity contribution < 1.29 is 23.5 Å². The van der Waals surface area contributed by atoms with E-state index in [-0.39, 0.29) is 22.8 Å². The third kappa shape index (κ3) is 8.13. The van der Waals surface area contributed by atoms with Gasteiger partial charge in [0, 0.05) is 21.2 Å². The molecule has 1 heterocycles. The van der Waals surface area contributed by atoms with Crippen molar-refractivity contribution in [2.75, 3.05) is 17.3 Å². The highest BCUT2D eigenvalue weighted by atomic mass is 35.5. The number of benzene rings is 5. The maximum absolute atomic E-state index is 15.3. The molecule has 0 fully saturated rings. The van der Waals surface area contributed by atoms with Gasteiger partial charge in [-0.25, -0.2) is 9.18 Å². The molecule has 270 valence electrons. The number of rotatable bonds is 8. The van der Waals surface area contributed by atoms with Crippen molar-refractivity contribution in [3.05, 3.63) is 148 Å². The van der Waals surface area contributed by atoms with Gasteiger partial charge in [-0.1, -0.05) is 120 Å². The molecular formula is C41H35Cl2FN3O4PS. The van der Waals surface area contributed by atoms with E-state index in [1.165, 1.54) is 6.07 Å². The molecule has 0 aliphatic carbocycles.